The Labute approximate surface area is 108 Å². The zero-order chi connectivity index (χ0) is 13.5. The number of hydrogen-bond acceptors (Lipinski definition) is 3. The molecule has 4 nitrogen and oxygen atoms in total. The number of benzene rings is 1. The van der Waals surface area contributed by atoms with Gasteiger partial charge in [-0.05, 0) is 26.0 Å². The predicted octanol–water partition coefficient (Wildman–Crippen LogP) is 2.30. The number of nitrogens with zero attached hydrogens (tertiary/aromatic N) is 1. The molecule has 0 spiro atoms. The fourth-order valence-corrected chi connectivity index (χ4v) is 1.99. The Balaban J connectivity index is 2.84. The topological polar surface area (TPSA) is 49.8 Å². The summed E-state index contributed by atoms with van der Waals surface area (Å²) in [5.41, 5.74) is 2.18. The van der Waals surface area contributed by atoms with Crippen molar-refractivity contribution in [2.24, 2.45) is 0 Å². The maximum absolute atomic E-state index is 10.8. The first-order chi connectivity index (χ1) is 8.56. The molecule has 1 N–H and O–H groups in total. The number of aryl methyl sites for hydroxylation is 1. The molecule has 0 radical (unpaired) electrons. The van der Waals surface area contributed by atoms with Crippen molar-refractivity contribution in [2.45, 2.75) is 26.8 Å². The van der Waals surface area contributed by atoms with E-state index in [9.17, 15) is 4.79 Å². The Hall–Kier alpha value is -1.55. The number of ether oxygens (including phenoxy) is 1. The van der Waals surface area contributed by atoms with E-state index in [-0.39, 0.29) is 6.54 Å². The van der Waals surface area contributed by atoms with Gasteiger partial charge in [0.2, 0.25) is 0 Å². The molecule has 18 heavy (non-hydrogen) atoms. The maximum atomic E-state index is 10.8. The van der Waals surface area contributed by atoms with Crippen molar-refractivity contribution >= 4 is 5.97 Å². The minimum atomic E-state index is -0.796. The van der Waals surface area contributed by atoms with Crippen LogP contribution in [0.5, 0.6) is 5.75 Å². The molecule has 0 amide bonds. The Morgan fingerprint density at radius 2 is 2.17 bits per heavy atom. The second-order valence-corrected chi connectivity index (χ2v) is 4.42. The average Bonchev–Trinajstić information content (AvgIpc) is 2.28. The van der Waals surface area contributed by atoms with Gasteiger partial charge in [-0.25, -0.2) is 0 Å². The van der Waals surface area contributed by atoms with Crippen LogP contribution >= 0.6 is 0 Å². The van der Waals surface area contributed by atoms with Gasteiger partial charge in [-0.1, -0.05) is 24.6 Å². The lowest BCUT2D eigenvalue weighted by Gasteiger charge is -2.21. The van der Waals surface area contributed by atoms with Crippen LogP contribution in [0.4, 0.5) is 0 Å². The summed E-state index contributed by atoms with van der Waals surface area (Å²) in [4.78, 5) is 12.7. The highest BCUT2D eigenvalue weighted by Crippen LogP contribution is 2.21. The lowest BCUT2D eigenvalue weighted by Crippen LogP contribution is -2.30. The van der Waals surface area contributed by atoms with Gasteiger partial charge in [0.05, 0.1) is 13.7 Å². The number of carboxylic acid groups (broad SMARTS) is 1. The zero-order valence-corrected chi connectivity index (χ0v) is 11.3. The fourth-order valence-electron chi connectivity index (χ4n) is 1.99. The molecule has 4 heteroatoms. The minimum absolute atomic E-state index is 0.0605. The summed E-state index contributed by atoms with van der Waals surface area (Å²) >= 11 is 0. The van der Waals surface area contributed by atoms with E-state index >= 15 is 0 Å². The molecule has 0 saturated heterocycles. The van der Waals surface area contributed by atoms with Crippen LogP contribution < -0.4 is 4.74 Å². The number of hydrogen-bond donors (Lipinski definition) is 1. The first-order valence-electron chi connectivity index (χ1n) is 6.14. The van der Waals surface area contributed by atoms with Gasteiger partial charge in [0, 0.05) is 12.1 Å². The van der Waals surface area contributed by atoms with Crippen LogP contribution in [-0.4, -0.2) is 36.2 Å². The average molecular weight is 251 g/mol. The molecule has 0 unspecified atom stereocenters. The third-order valence-corrected chi connectivity index (χ3v) is 2.73. The number of rotatable bonds is 7. The fraction of sp³-hybridized carbons (Fsp3) is 0.500. The first kappa shape index (κ1) is 14.5. The van der Waals surface area contributed by atoms with Crippen molar-refractivity contribution in [3.05, 3.63) is 29.3 Å². The van der Waals surface area contributed by atoms with Crippen LogP contribution in [-0.2, 0) is 11.3 Å². The van der Waals surface area contributed by atoms with E-state index in [0.717, 1.165) is 29.8 Å². The Kier molecular flexibility index (Phi) is 5.65. The van der Waals surface area contributed by atoms with Crippen LogP contribution in [0.2, 0.25) is 0 Å². The molecule has 0 heterocycles. The molecule has 1 rings (SSSR count). The van der Waals surface area contributed by atoms with Crippen LogP contribution in [0.1, 0.15) is 24.5 Å². The minimum Gasteiger partial charge on any atom is -0.496 e. The Bertz CT molecular complexity index is 404. The second-order valence-electron chi connectivity index (χ2n) is 4.42. The molecule has 0 bridgehead atoms. The number of carbonyl (C=O) groups is 1. The normalized spacial score (nSPS) is 10.7. The van der Waals surface area contributed by atoms with E-state index in [0.29, 0.717) is 6.54 Å². The summed E-state index contributed by atoms with van der Waals surface area (Å²) < 4.78 is 5.31. The number of methoxy groups -OCH3 is 1. The quantitative estimate of drug-likeness (QED) is 0.808. The maximum Gasteiger partial charge on any atom is 0.317 e. The standard InChI is InChI=1S/C14H21NO3/c1-4-7-15(10-14(16)17)9-12-8-11(2)5-6-13(12)18-3/h5-6,8H,4,7,9-10H2,1-3H3,(H,16,17). The number of carboxylic acids is 1. The van der Waals surface area contributed by atoms with Gasteiger partial charge < -0.3 is 9.84 Å². The largest absolute Gasteiger partial charge is 0.496 e. The highest BCUT2D eigenvalue weighted by Gasteiger charge is 2.12. The molecule has 0 aliphatic heterocycles. The molecule has 0 aliphatic carbocycles. The number of aliphatic carboxylic acids is 1. The second kappa shape index (κ2) is 7.01. The van der Waals surface area contributed by atoms with E-state index in [4.69, 9.17) is 9.84 Å². The third-order valence-electron chi connectivity index (χ3n) is 2.73. The zero-order valence-electron chi connectivity index (χ0n) is 11.3. The van der Waals surface area contributed by atoms with E-state index in [1.54, 1.807) is 7.11 Å². The lowest BCUT2D eigenvalue weighted by molar-refractivity contribution is -0.138. The summed E-state index contributed by atoms with van der Waals surface area (Å²) in [6.07, 6.45) is 0.932. The van der Waals surface area contributed by atoms with Crippen LogP contribution in [0.15, 0.2) is 18.2 Å². The molecule has 0 fully saturated rings. The van der Waals surface area contributed by atoms with Crippen LogP contribution in [0.25, 0.3) is 0 Å². The molecule has 0 saturated carbocycles. The van der Waals surface area contributed by atoms with Crippen molar-refractivity contribution < 1.29 is 14.6 Å². The smallest absolute Gasteiger partial charge is 0.317 e. The summed E-state index contributed by atoms with van der Waals surface area (Å²) in [6, 6.07) is 5.96. The van der Waals surface area contributed by atoms with Crippen molar-refractivity contribution in [1.82, 2.24) is 4.90 Å². The summed E-state index contributed by atoms with van der Waals surface area (Å²) in [7, 11) is 1.63. The van der Waals surface area contributed by atoms with E-state index in [1.165, 1.54) is 0 Å². The molecule has 0 atom stereocenters. The Morgan fingerprint density at radius 1 is 1.44 bits per heavy atom. The van der Waals surface area contributed by atoms with Crippen LogP contribution in [0, 0.1) is 6.92 Å². The summed E-state index contributed by atoms with van der Waals surface area (Å²) in [5.74, 6) is 0.0159. The van der Waals surface area contributed by atoms with Gasteiger partial charge in [-0.2, -0.15) is 0 Å². The lowest BCUT2D eigenvalue weighted by atomic mass is 10.1. The SMILES string of the molecule is CCCN(CC(=O)O)Cc1cc(C)ccc1OC. The Morgan fingerprint density at radius 3 is 2.72 bits per heavy atom. The third kappa shape index (κ3) is 4.37. The van der Waals surface area contributed by atoms with E-state index in [1.807, 2.05) is 36.9 Å². The van der Waals surface area contributed by atoms with Crippen molar-refractivity contribution in [3.63, 3.8) is 0 Å². The molecule has 1 aromatic rings. The van der Waals surface area contributed by atoms with Gasteiger partial charge >= 0.3 is 5.97 Å². The van der Waals surface area contributed by atoms with Gasteiger partial charge in [-0.15, -0.1) is 0 Å². The van der Waals surface area contributed by atoms with Gasteiger partial charge in [0.25, 0.3) is 0 Å². The van der Waals surface area contributed by atoms with Crippen molar-refractivity contribution in [1.29, 1.82) is 0 Å². The monoisotopic (exact) mass is 251 g/mol. The summed E-state index contributed by atoms with van der Waals surface area (Å²) in [6.45, 7) is 5.49. The molecule has 1 aromatic carbocycles. The van der Waals surface area contributed by atoms with Gasteiger partial charge in [0.1, 0.15) is 5.75 Å². The highest BCUT2D eigenvalue weighted by atomic mass is 16.5. The highest BCUT2D eigenvalue weighted by molar-refractivity contribution is 5.69. The van der Waals surface area contributed by atoms with Crippen molar-refractivity contribution in [3.8, 4) is 5.75 Å². The van der Waals surface area contributed by atoms with E-state index < -0.39 is 5.97 Å². The first-order valence-corrected chi connectivity index (χ1v) is 6.14. The summed E-state index contributed by atoms with van der Waals surface area (Å²) in [5, 5.41) is 8.90. The molecular formula is C14H21NO3. The molecular weight excluding hydrogens is 230 g/mol. The molecule has 0 aliphatic rings. The predicted molar refractivity (Wildman–Crippen MR) is 70.9 cm³/mol. The van der Waals surface area contributed by atoms with Gasteiger partial charge in [0.15, 0.2) is 0 Å². The molecule has 100 valence electrons. The molecule has 0 aromatic heterocycles. The van der Waals surface area contributed by atoms with Crippen LogP contribution in [0.3, 0.4) is 0 Å². The van der Waals surface area contributed by atoms with Crippen molar-refractivity contribution in [2.75, 3.05) is 20.2 Å². The van der Waals surface area contributed by atoms with Gasteiger partial charge in [-0.3, -0.25) is 9.69 Å². The van der Waals surface area contributed by atoms with E-state index in [2.05, 4.69) is 0 Å².